The van der Waals surface area contributed by atoms with Crippen molar-refractivity contribution in [3.63, 3.8) is 0 Å². The van der Waals surface area contributed by atoms with E-state index in [1.165, 1.54) is 0 Å². The number of nitrogens with zero attached hydrogens (tertiary/aromatic N) is 2. The number of morpholine rings is 1. The van der Waals surface area contributed by atoms with Gasteiger partial charge in [-0.25, -0.2) is 0 Å². The zero-order chi connectivity index (χ0) is 26.2. The Kier molecular flexibility index (Phi) is 10.6. The molecule has 1 saturated carbocycles. The number of para-hydroxylation sites is 1. The summed E-state index contributed by atoms with van der Waals surface area (Å²) in [5, 5.41) is 23.5. The number of hydrogen-bond acceptors (Lipinski definition) is 7. The molecular weight excluding hydrogens is 589 g/mol. The number of aliphatic hydroxyl groups is 2. The summed E-state index contributed by atoms with van der Waals surface area (Å²) in [5.74, 6) is 0.300. The van der Waals surface area contributed by atoms with Gasteiger partial charge in [0.2, 0.25) is 11.8 Å². The maximum absolute atomic E-state index is 13.8. The molecule has 10 heteroatoms. The first kappa shape index (κ1) is 28.3. The normalized spacial score (nSPS) is 24.9. The van der Waals surface area contributed by atoms with Gasteiger partial charge in [0.25, 0.3) is 0 Å². The summed E-state index contributed by atoms with van der Waals surface area (Å²) in [4.78, 5) is 30.9. The van der Waals surface area contributed by atoms with Crippen molar-refractivity contribution in [1.82, 2.24) is 15.1 Å². The second kappa shape index (κ2) is 13.9. The molecule has 1 heterocycles. The van der Waals surface area contributed by atoms with E-state index in [0.717, 1.165) is 42.3 Å². The van der Waals surface area contributed by atoms with E-state index < -0.39 is 18.2 Å². The largest absolute Gasteiger partial charge is 0.482 e. The summed E-state index contributed by atoms with van der Waals surface area (Å²) >= 11 is 2.18. The van der Waals surface area contributed by atoms with Gasteiger partial charge in [-0.15, -0.1) is 0 Å². The summed E-state index contributed by atoms with van der Waals surface area (Å²) in [5.41, 5.74) is 0.454. The minimum Gasteiger partial charge on any atom is -0.482 e. The highest BCUT2D eigenvalue weighted by molar-refractivity contribution is 14.1. The van der Waals surface area contributed by atoms with Crippen LogP contribution in [0.1, 0.15) is 32.1 Å². The van der Waals surface area contributed by atoms with Gasteiger partial charge < -0.3 is 29.9 Å². The highest BCUT2D eigenvalue weighted by atomic mass is 127. The van der Waals surface area contributed by atoms with Crippen LogP contribution in [-0.2, 0) is 14.3 Å². The molecule has 0 bridgehead atoms. The molecule has 3 atom stereocenters. The van der Waals surface area contributed by atoms with Crippen molar-refractivity contribution in [2.45, 2.75) is 50.4 Å². The van der Waals surface area contributed by atoms with Gasteiger partial charge in [0.15, 0.2) is 0 Å². The Morgan fingerprint density at radius 1 is 1.19 bits per heavy atom. The molecule has 1 aromatic rings. The van der Waals surface area contributed by atoms with Crippen LogP contribution in [-0.4, -0.2) is 103 Å². The molecule has 2 amide bonds. The second-order valence-corrected chi connectivity index (χ2v) is 11.1. The van der Waals surface area contributed by atoms with Crippen LogP contribution in [0.3, 0.4) is 0 Å². The van der Waals surface area contributed by atoms with Crippen molar-refractivity contribution >= 4 is 34.4 Å². The number of aliphatic hydroxyl groups excluding tert-OH is 2. The van der Waals surface area contributed by atoms with Crippen LogP contribution in [0.4, 0.5) is 0 Å². The lowest BCUT2D eigenvalue weighted by atomic mass is 9.87. The van der Waals surface area contributed by atoms with Crippen LogP contribution in [0.15, 0.2) is 35.9 Å². The molecule has 2 aliphatic carbocycles. The highest BCUT2D eigenvalue weighted by Crippen LogP contribution is 2.33. The Labute approximate surface area is 232 Å². The van der Waals surface area contributed by atoms with Crippen molar-refractivity contribution in [2.75, 3.05) is 52.5 Å². The molecule has 37 heavy (non-hydrogen) atoms. The highest BCUT2D eigenvalue weighted by Gasteiger charge is 2.42. The van der Waals surface area contributed by atoms with E-state index in [9.17, 15) is 19.8 Å². The molecule has 4 rings (SSSR count). The third kappa shape index (κ3) is 7.44. The van der Waals surface area contributed by atoms with Crippen molar-refractivity contribution in [3.05, 3.63) is 39.5 Å². The second-order valence-electron chi connectivity index (χ2n) is 9.91. The SMILES string of the molecule is O=C(NCCO)C1=C[C@H](Oc2ccccc2I)[C@@H](O)[C@H](N(CCN2CCOCC2)C(=O)C2CCCC2)C1. The first-order valence-corrected chi connectivity index (χ1v) is 14.4. The van der Waals surface area contributed by atoms with Gasteiger partial charge in [-0.2, -0.15) is 0 Å². The van der Waals surface area contributed by atoms with E-state index in [-0.39, 0.29) is 37.3 Å². The van der Waals surface area contributed by atoms with Crippen molar-refractivity contribution in [2.24, 2.45) is 5.92 Å². The molecule has 9 nitrogen and oxygen atoms in total. The van der Waals surface area contributed by atoms with Crippen LogP contribution >= 0.6 is 22.6 Å². The van der Waals surface area contributed by atoms with E-state index in [1.54, 1.807) is 6.08 Å². The van der Waals surface area contributed by atoms with Crippen molar-refractivity contribution in [3.8, 4) is 5.75 Å². The Morgan fingerprint density at radius 3 is 2.62 bits per heavy atom. The Morgan fingerprint density at radius 2 is 1.92 bits per heavy atom. The van der Waals surface area contributed by atoms with E-state index in [1.807, 2.05) is 29.2 Å². The lowest BCUT2D eigenvalue weighted by Crippen LogP contribution is -2.57. The number of amides is 2. The van der Waals surface area contributed by atoms with Crippen LogP contribution in [0.5, 0.6) is 5.75 Å². The Bertz CT molecular complexity index is 948. The number of carbonyl (C=O) groups is 2. The zero-order valence-corrected chi connectivity index (χ0v) is 23.3. The molecule has 3 N–H and O–H groups in total. The predicted octanol–water partition coefficient (Wildman–Crippen LogP) is 1.56. The summed E-state index contributed by atoms with van der Waals surface area (Å²) in [7, 11) is 0. The molecule has 0 unspecified atom stereocenters. The quantitative estimate of drug-likeness (QED) is 0.338. The summed E-state index contributed by atoms with van der Waals surface area (Å²) < 4.78 is 12.6. The van der Waals surface area contributed by atoms with Gasteiger partial charge in [0.1, 0.15) is 18.0 Å². The third-order valence-corrected chi connectivity index (χ3v) is 8.35. The molecule has 3 aliphatic rings. The number of ether oxygens (including phenoxy) is 2. The average Bonchev–Trinajstić information content (AvgIpc) is 3.46. The van der Waals surface area contributed by atoms with E-state index in [2.05, 4.69) is 32.8 Å². The van der Waals surface area contributed by atoms with E-state index in [0.29, 0.717) is 37.6 Å². The molecule has 204 valence electrons. The average molecular weight is 628 g/mol. The third-order valence-electron chi connectivity index (χ3n) is 7.46. The number of benzene rings is 1. The van der Waals surface area contributed by atoms with Crippen LogP contribution in [0, 0.1) is 9.49 Å². The summed E-state index contributed by atoms with van der Waals surface area (Å²) in [6.07, 6.45) is 3.88. The van der Waals surface area contributed by atoms with Crippen LogP contribution < -0.4 is 10.1 Å². The molecule has 2 fully saturated rings. The molecule has 1 aromatic carbocycles. The molecule has 0 radical (unpaired) electrons. The molecule has 1 aliphatic heterocycles. The smallest absolute Gasteiger partial charge is 0.247 e. The number of carbonyl (C=O) groups excluding carboxylic acids is 2. The molecule has 1 saturated heterocycles. The Balaban J connectivity index is 1.60. The fraction of sp³-hybridized carbons (Fsp3) is 0.630. The van der Waals surface area contributed by atoms with Gasteiger partial charge in [-0.3, -0.25) is 14.5 Å². The predicted molar refractivity (Wildman–Crippen MR) is 147 cm³/mol. The fourth-order valence-corrected chi connectivity index (χ4v) is 5.90. The number of nitrogens with one attached hydrogen (secondary N) is 1. The minimum absolute atomic E-state index is 0.0519. The topological polar surface area (TPSA) is 112 Å². The summed E-state index contributed by atoms with van der Waals surface area (Å²) in [6.45, 7) is 4.09. The van der Waals surface area contributed by atoms with Gasteiger partial charge in [0.05, 0.1) is 29.4 Å². The fourth-order valence-electron chi connectivity index (χ4n) is 5.39. The lowest BCUT2D eigenvalue weighted by Gasteiger charge is -2.42. The van der Waals surface area contributed by atoms with E-state index >= 15 is 0 Å². The van der Waals surface area contributed by atoms with Gasteiger partial charge >= 0.3 is 0 Å². The number of halogens is 1. The number of rotatable bonds is 10. The molecule has 0 aromatic heterocycles. The maximum Gasteiger partial charge on any atom is 0.247 e. The van der Waals surface area contributed by atoms with Crippen LogP contribution in [0.25, 0.3) is 0 Å². The summed E-state index contributed by atoms with van der Waals surface area (Å²) in [6, 6.07) is 6.92. The molecule has 0 spiro atoms. The lowest BCUT2D eigenvalue weighted by molar-refractivity contribution is -0.143. The van der Waals surface area contributed by atoms with Gasteiger partial charge in [-0.05, 0) is 53.6 Å². The van der Waals surface area contributed by atoms with Gasteiger partial charge in [0, 0.05) is 50.6 Å². The Hall–Kier alpha value is -1.73. The minimum atomic E-state index is -1.000. The first-order valence-electron chi connectivity index (χ1n) is 13.3. The number of hydrogen-bond donors (Lipinski definition) is 3. The molecular formula is C27H38IN3O6. The van der Waals surface area contributed by atoms with Gasteiger partial charge in [-0.1, -0.05) is 25.0 Å². The van der Waals surface area contributed by atoms with Crippen molar-refractivity contribution < 1.29 is 29.3 Å². The monoisotopic (exact) mass is 627 g/mol. The maximum atomic E-state index is 13.8. The standard InChI is InChI=1S/C27H38IN3O6/c28-21-7-3-4-8-23(21)37-24-18-20(26(34)29-9-14-32)17-22(25(24)33)31(27(35)19-5-1-2-6-19)11-10-30-12-15-36-16-13-30/h3-4,7-8,18-19,22,24-25,32-33H,1-2,5-6,9-17H2,(H,29,34)/t22-,24+,25+/m1/s1. The van der Waals surface area contributed by atoms with Crippen molar-refractivity contribution in [1.29, 1.82) is 0 Å². The first-order chi connectivity index (χ1) is 18.0. The van der Waals surface area contributed by atoms with E-state index in [4.69, 9.17) is 9.47 Å². The zero-order valence-electron chi connectivity index (χ0n) is 21.2. The van der Waals surface area contributed by atoms with Crippen LogP contribution in [0.2, 0.25) is 0 Å².